The number of Topliss-reactive ketones (excluding diaryl/α,β-unsaturated/α-hetero) is 1. The van der Waals surface area contributed by atoms with Crippen molar-refractivity contribution in [3.05, 3.63) is 76.3 Å². The van der Waals surface area contributed by atoms with Crippen LogP contribution in [-0.4, -0.2) is 37.4 Å². The molecule has 0 spiro atoms. The molecule has 1 heterocycles. The molecule has 2 aromatic carbocycles. The Bertz CT molecular complexity index is 862. The van der Waals surface area contributed by atoms with Gasteiger partial charge >= 0.3 is 0 Å². The third-order valence-electron chi connectivity index (χ3n) is 5.42. The Labute approximate surface area is 194 Å². The lowest BCUT2D eigenvalue weighted by Gasteiger charge is -2.37. The van der Waals surface area contributed by atoms with Gasteiger partial charge in [-0.15, -0.1) is 6.58 Å². The Morgan fingerprint density at radius 2 is 1.74 bits per heavy atom. The summed E-state index contributed by atoms with van der Waals surface area (Å²) in [6.45, 7) is 14.2. The van der Waals surface area contributed by atoms with E-state index in [1.54, 1.807) is 13.2 Å². The number of halogens is 1. The number of ketones is 1. The van der Waals surface area contributed by atoms with Crippen LogP contribution in [0.2, 0.25) is 5.02 Å². The Balaban J connectivity index is 0.000000620. The molecule has 0 radical (unpaired) electrons. The van der Waals surface area contributed by atoms with Crippen LogP contribution in [0, 0.1) is 0 Å². The molecule has 0 saturated heterocycles. The van der Waals surface area contributed by atoms with E-state index in [0.717, 1.165) is 24.1 Å². The molecule has 0 aromatic heterocycles. The van der Waals surface area contributed by atoms with Gasteiger partial charge in [0.1, 0.15) is 5.75 Å². The first-order valence-corrected chi connectivity index (χ1v) is 11.6. The minimum atomic E-state index is 0.174. The van der Waals surface area contributed by atoms with Crippen molar-refractivity contribution in [2.75, 3.05) is 20.7 Å². The second kappa shape index (κ2) is 13.3. The number of allylic oxidation sites excluding steroid dienone is 1. The average molecular weight is 444 g/mol. The minimum absolute atomic E-state index is 0.174. The molecule has 0 bridgehead atoms. The van der Waals surface area contributed by atoms with Crippen LogP contribution >= 0.6 is 11.6 Å². The Morgan fingerprint density at radius 3 is 2.35 bits per heavy atom. The summed E-state index contributed by atoms with van der Waals surface area (Å²) in [5, 5.41) is 0.650. The summed E-state index contributed by atoms with van der Waals surface area (Å²) >= 11 is 6.36. The van der Waals surface area contributed by atoms with Crippen LogP contribution in [0.4, 0.5) is 0 Å². The van der Waals surface area contributed by atoms with E-state index in [9.17, 15) is 4.79 Å². The van der Waals surface area contributed by atoms with E-state index in [1.165, 1.54) is 11.1 Å². The summed E-state index contributed by atoms with van der Waals surface area (Å²) in [4.78, 5) is 14.9. The lowest BCUT2D eigenvalue weighted by atomic mass is 9.74. The second-order valence-corrected chi connectivity index (χ2v) is 7.49. The van der Waals surface area contributed by atoms with E-state index < -0.39 is 0 Å². The van der Waals surface area contributed by atoms with E-state index in [2.05, 4.69) is 30.7 Å². The van der Waals surface area contributed by atoms with Gasteiger partial charge in [0.15, 0.2) is 5.78 Å². The lowest BCUT2D eigenvalue weighted by molar-refractivity contribution is 0.0907. The number of methoxy groups -OCH3 is 1. The maximum absolute atomic E-state index is 12.6. The predicted octanol–water partition coefficient (Wildman–Crippen LogP) is 7.17. The van der Waals surface area contributed by atoms with Gasteiger partial charge in [0, 0.05) is 30.5 Å². The summed E-state index contributed by atoms with van der Waals surface area (Å²) in [5.74, 6) is 1.11. The topological polar surface area (TPSA) is 29.5 Å². The molecular formula is C27H38ClNO2. The van der Waals surface area contributed by atoms with Gasteiger partial charge in [0.2, 0.25) is 0 Å². The highest BCUT2D eigenvalue weighted by Gasteiger charge is 2.39. The third-order valence-corrected chi connectivity index (χ3v) is 5.72. The van der Waals surface area contributed by atoms with E-state index in [-0.39, 0.29) is 17.7 Å². The molecule has 1 aliphatic heterocycles. The second-order valence-electron chi connectivity index (χ2n) is 7.08. The number of rotatable bonds is 1. The fourth-order valence-electron chi connectivity index (χ4n) is 4.17. The van der Waals surface area contributed by atoms with Crippen molar-refractivity contribution in [2.24, 2.45) is 0 Å². The van der Waals surface area contributed by atoms with E-state index in [4.69, 9.17) is 16.3 Å². The number of likely N-dealkylation sites (N-methyl/N-ethyl adjacent to an activating group) is 1. The standard InChI is InChI=1S/C20H20ClNO2.C3H6.2C2H6/c1-22-8-7-12-9-16(21)19(24-2)10-15(12)20-14-6-4-3-5-13(14)18(23)11-17(20)22;1-3-2;2*1-2/h3-6,9-10,17,20H,7-8,11H2,1-2H3;3H,1H2,2H3;2*1-2H3/t17-,20+;;;/m0.../s1. The smallest absolute Gasteiger partial charge is 0.164 e. The summed E-state index contributed by atoms with van der Waals surface area (Å²) in [6, 6.07) is 12.3. The van der Waals surface area contributed by atoms with Crippen molar-refractivity contribution in [3.8, 4) is 5.75 Å². The Hall–Kier alpha value is -2.10. The van der Waals surface area contributed by atoms with Crippen LogP contribution in [0.3, 0.4) is 0 Å². The molecule has 4 rings (SSSR count). The van der Waals surface area contributed by atoms with Gasteiger partial charge in [-0.2, -0.15) is 0 Å². The van der Waals surface area contributed by atoms with Crippen molar-refractivity contribution in [2.45, 2.75) is 59.4 Å². The van der Waals surface area contributed by atoms with Gasteiger partial charge in [0.05, 0.1) is 12.1 Å². The number of nitrogens with zero attached hydrogens (tertiary/aromatic N) is 1. The van der Waals surface area contributed by atoms with Gasteiger partial charge in [0.25, 0.3) is 0 Å². The molecule has 31 heavy (non-hydrogen) atoms. The molecule has 0 fully saturated rings. The summed E-state index contributed by atoms with van der Waals surface area (Å²) in [5.41, 5.74) is 4.47. The molecule has 0 saturated carbocycles. The maximum Gasteiger partial charge on any atom is 0.164 e. The molecule has 2 aliphatic rings. The zero-order valence-corrected chi connectivity index (χ0v) is 20.9. The fraction of sp³-hybridized carbons (Fsp3) is 0.444. The highest BCUT2D eigenvalue weighted by Crippen LogP contribution is 2.44. The Morgan fingerprint density at radius 1 is 1.13 bits per heavy atom. The fourth-order valence-corrected chi connectivity index (χ4v) is 4.43. The van der Waals surface area contributed by atoms with E-state index in [0.29, 0.717) is 17.2 Å². The van der Waals surface area contributed by atoms with Crippen LogP contribution in [0.25, 0.3) is 0 Å². The number of fused-ring (bicyclic) bond motifs is 5. The van der Waals surface area contributed by atoms with Crippen molar-refractivity contribution in [1.29, 1.82) is 0 Å². The molecule has 1 aliphatic carbocycles. The number of hydrogen-bond donors (Lipinski definition) is 0. The first-order valence-electron chi connectivity index (χ1n) is 11.3. The molecule has 0 amide bonds. The zero-order valence-electron chi connectivity index (χ0n) is 20.2. The number of hydrogen-bond acceptors (Lipinski definition) is 3. The minimum Gasteiger partial charge on any atom is -0.495 e. The van der Waals surface area contributed by atoms with Crippen molar-refractivity contribution in [3.63, 3.8) is 0 Å². The molecule has 0 N–H and O–H groups in total. The molecule has 2 atom stereocenters. The first kappa shape index (κ1) is 26.9. The van der Waals surface area contributed by atoms with Gasteiger partial charge in [-0.25, -0.2) is 0 Å². The van der Waals surface area contributed by atoms with E-state index in [1.807, 2.05) is 58.9 Å². The molecular weight excluding hydrogens is 406 g/mol. The maximum atomic E-state index is 12.6. The average Bonchev–Trinajstić information content (AvgIpc) is 2.93. The van der Waals surface area contributed by atoms with Gasteiger partial charge in [-0.1, -0.05) is 69.6 Å². The highest BCUT2D eigenvalue weighted by molar-refractivity contribution is 6.32. The van der Waals surface area contributed by atoms with E-state index >= 15 is 0 Å². The number of carbonyl (C=O) groups is 1. The molecule has 3 nitrogen and oxygen atoms in total. The monoisotopic (exact) mass is 443 g/mol. The van der Waals surface area contributed by atoms with Crippen LogP contribution in [-0.2, 0) is 6.42 Å². The van der Waals surface area contributed by atoms with Gasteiger partial charge in [-0.05, 0) is 49.2 Å². The highest BCUT2D eigenvalue weighted by atomic mass is 35.5. The largest absolute Gasteiger partial charge is 0.495 e. The number of carbonyl (C=O) groups excluding carboxylic acids is 1. The Kier molecular flexibility index (Phi) is 11.6. The molecule has 4 heteroatoms. The number of benzene rings is 2. The van der Waals surface area contributed by atoms with Crippen molar-refractivity contribution >= 4 is 17.4 Å². The third kappa shape index (κ3) is 5.99. The molecule has 2 aromatic rings. The molecule has 170 valence electrons. The number of ether oxygens (including phenoxy) is 1. The zero-order chi connectivity index (χ0) is 23.6. The van der Waals surface area contributed by atoms with Crippen LogP contribution in [0.5, 0.6) is 5.75 Å². The van der Waals surface area contributed by atoms with Crippen molar-refractivity contribution < 1.29 is 9.53 Å². The lowest BCUT2D eigenvalue weighted by Crippen LogP contribution is -2.41. The summed E-state index contributed by atoms with van der Waals surface area (Å²) < 4.78 is 5.46. The summed E-state index contributed by atoms with van der Waals surface area (Å²) in [6.07, 6.45) is 3.24. The van der Waals surface area contributed by atoms with Gasteiger partial charge in [-0.3, -0.25) is 4.79 Å². The normalized spacial score (nSPS) is 18.6. The van der Waals surface area contributed by atoms with Crippen LogP contribution < -0.4 is 4.74 Å². The van der Waals surface area contributed by atoms with Crippen LogP contribution in [0.15, 0.2) is 49.1 Å². The van der Waals surface area contributed by atoms with Gasteiger partial charge < -0.3 is 9.64 Å². The van der Waals surface area contributed by atoms with Crippen LogP contribution in [0.1, 0.15) is 74.0 Å². The first-order chi connectivity index (χ1) is 15.0. The molecule has 0 unspecified atom stereocenters. The summed E-state index contributed by atoms with van der Waals surface area (Å²) in [7, 11) is 3.76. The quantitative estimate of drug-likeness (QED) is 0.437. The SMILES string of the molecule is C=CC.CC.CC.COc1cc2c(cc1Cl)CCN(C)[C@H]1CC(=O)c3ccccc3[C@H]21. The predicted molar refractivity (Wildman–Crippen MR) is 134 cm³/mol. The van der Waals surface area contributed by atoms with Crippen molar-refractivity contribution in [1.82, 2.24) is 4.90 Å².